The first-order valence-corrected chi connectivity index (χ1v) is 10.8. The molecular formula is C19H26N4O2S. The van der Waals surface area contributed by atoms with Gasteiger partial charge in [-0.3, -0.25) is 0 Å². The normalized spacial score (nSPS) is 18.8. The predicted molar refractivity (Wildman–Crippen MR) is 105 cm³/mol. The van der Waals surface area contributed by atoms with Crippen molar-refractivity contribution in [3.05, 3.63) is 47.7 Å². The van der Waals surface area contributed by atoms with Crippen molar-refractivity contribution in [2.24, 2.45) is 0 Å². The molecule has 1 aliphatic heterocycles. The van der Waals surface area contributed by atoms with Crippen LogP contribution in [0.15, 0.2) is 36.4 Å². The third-order valence-corrected chi connectivity index (χ3v) is 6.29. The standard InChI is InChI=1S/C19H26N4O2S/c1-14(2)23(12-16-7-5-4-6-8-16)18-11-15(3)20-19(22-18)21-17-9-10-26(24,25)13-17/h4-8,11,14,17H,9-10,12-13H2,1-3H3,(H,20,21,22). The van der Waals surface area contributed by atoms with Gasteiger partial charge in [0.15, 0.2) is 9.84 Å². The molecule has 1 fully saturated rings. The quantitative estimate of drug-likeness (QED) is 0.838. The highest BCUT2D eigenvalue weighted by molar-refractivity contribution is 7.91. The second-order valence-electron chi connectivity index (χ2n) is 7.14. The number of nitrogens with zero attached hydrogens (tertiary/aromatic N) is 3. The van der Waals surface area contributed by atoms with Gasteiger partial charge in [-0.1, -0.05) is 30.3 Å². The Bertz CT molecular complexity index is 853. The van der Waals surface area contributed by atoms with Gasteiger partial charge in [-0.15, -0.1) is 0 Å². The first-order valence-electron chi connectivity index (χ1n) is 8.95. The maximum atomic E-state index is 11.7. The largest absolute Gasteiger partial charge is 0.350 e. The van der Waals surface area contributed by atoms with E-state index in [1.165, 1.54) is 5.56 Å². The molecule has 6 nitrogen and oxygen atoms in total. The minimum atomic E-state index is -2.93. The number of benzene rings is 1. The van der Waals surface area contributed by atoms with Gasteiger partial charge in [-0.05, 0) is 32.8 Å². The van der Waals surface area contributed by atoms with Crippen molar-refractivity contribution in [1.82, 2.24) is 9.97 Å². The molecule has 0 saturated carbocycles. The van der Waals surface area contributed by atoms with E-state index in [0.29, 0.717) is 12.4 Å². The molecule has 1 unspecified atom stereocenters. The van der Waals surface area contributed by atoms with Gasteiger partial charge in [-0.25, -0.2) is 13.4 Å². The zero-order valence-corrected chi connectivity index (χ0v) is 16.3. The number of aromatic nitrogens is 2. The number of hydrogen-bond donors (Lipinski definition) is 1. The number of anilines is 2. The monoisotopic (exact) mass is 374 g/mol. The molecular weight excluding hydrogens is 348 g/mol. The summed E-state index contributed by atoms with van der Waals surface area (Å²) < 4.78 is 23.4. The molecule has 1 atom stereocenters. The van der Waals surface area contributed by atoms with Crippen LogP contribution in [0.3, 0.4) is 0 Å². The van der Waals surface area contributed by atoms with Crippen LogP contribution in [0.4, 0.5) is 11.8 Å². The summed E-state index contributed by atoms with van der Waals surface area (Å²) in [5.41, 5.74) is 2.07. The summed E-state index contributed by atoms with van der Waals surface area (Å²) in [7, 11) is -2.93. The van der Waals surface area contributed by atoms with Gasteiger partial charge in [0.25, 0.3) is 0 Å². The van der Waals surface area contributed by atoms with E-state index in [1.807, 2.05) is 31.2 Å². The second-order valence-corrected chi connectivity index (χ2v) is 9.37. The summed E-state index contributed by atoms with van der Waals surface area (Å²) in [4.78, 5) is 11.3. The maximum absolute atomic E-state index is 11.7. The second kappa shape index (κ2) is 7.61. The van der Waals surface area contributed by atoms with Gasteiger partial charge >= 0.3 is 0 Å². The Morgan fingerprint density at radius 2 is 1.96 bits per heavy atom. The summed E-state index contributed by atoms with van der Waals surface area (Å²) in [5, 5.41) is 3.21. The van der Waals surface area contributed by atoms with E-state index in [9.17, 15) is 8.42 Å². The Morgan fingerprint density at radius 1 is 1.23 bits per heavy atom. The van der Waals surface area contributed by atoms with Crippen LogP contribution >= 0.6 is 0 Å². The van der Waals surface area contributed by atoms with Crippen LogP contribution in [-0.2, 0) is 16.4 Å². The Labute approximate surface area is 155 Å². The van der Waals surface area contributed by atoms with Crippen LogP contribution in [-0.4, -0.2) is 42.0 Å². The van der Waals surface area contributed by atoms with E-state index in [-0.39, 0.29) is 23.6 Å². The Morgan fingerprint density at radius 3 is 2.58 bits per heavy atom. The molecule has 1 aromatic heterocycles. The summed E-state index contributed by atoms with van der Waals surface area (Å²) in [5.74, 6) is 1.73. The minimum Gasteiger partial charge on any atom is -0.350 e. The lowest BCUT2D eigenvalue weighted by Gasteiger charge is -2.28. The average Bonchev–Trinajstić information content (AvgIpc) is 2.91. The zero-order valence-electron chi connectivity index (χ0n) is 15.5. The molecule has 0 spiro atoms. The van der Waals surface area contributed by atoms with Crippen molar-refractivity contribution < 1.29 is 8.42 Å². The summed E-state index contributed by atoms with van der Waals surface area (Å²) in [6, 6.07) is 12.4. The highest BCUT2D eigenvalue weighted by Crippen LogP contribution is 2.22. The molecule has 0 aliphatic carbocycles. The Hall–Kier alpha value is -2.15. The third-order valence-electron chi connectivity index (χ3n) is 4.52. The SMILES string of the molecule is Cc1cc(N(Cc2ccccc2)C(C)C)nc(NC2CCS(=O)(=O)C2)n1. The first kappa shape index (κ1) is 18.6. The lowest BCUT2D eigenvalue weighted by molar-refractivity contribution is 0.602. The minimum absolute atomic E-state index is 0.115. The molecule has 7 heteroatoms. The molecule has 2 heterocycles. The molecule has 1 N–H and O–H groups in total. The summed E-state index contributed by atoms with van der Waals surface area (Å²) >= 11 is 0. The van der Waals surface area contributed by atoms with Crippen LogP contribution in [0.1, 0.15) is 31.5 Å². The van der Waals surface area contributed by atoms with E-state index >= 15 is 0 Å². The smallest absolute Gasteiger partial charge is 0.225 e. The molecule has 140 valence electrons. The summed E-state index contributed by atoms with van der Waals surface area (Å²) in [6.45, 7) is 6.96. The third kappa shape index (κ3) is 4.72. The van der Waals surface area contributed by atoms with E-state index in [2.05, 4.69) is 46.2 Å². The Balaban J connectivity index is 1.82. The fraction of sp³-hybridized carbons (Fsp3) is 0.474. The molecule has 3 rings (SSSR count). The van der Waals surface area contributed by atoms with Gasteiger partial charge in [0, 0.05) is 30.4 Å². The van der Waals surface area contributed by atoms with E-state index < -0.39 is 9.84 Å². The number of hydrogen-bond acceptors (Lipinski definition) is 6. The lowest BCUT2D eigenvalue weighted by atomic mass is 10.2. The van der Waals surface area contributed by atoms with Crippen molar-refractivity contribution in [2.45, 2.75) is 45.8 Å². The van der Waals surface area contributed by atoms with Crippen molar-refractivity contribution in [3.8, 4) is 0 Å². The molecule has 0 bridgehead atoms. The number of sulfone groups is 1. The maximum Gasteiger partial charge on any atom is 0.225 e. The lowest BCUT2D eigenvalue weighted by Crippen LogP contribution is -2.31. The van der Waals surface area contributed by atoms with Gasteiger partial charge < -0.3 is 10.2 Å². The number of rotatable bonds is 6. The van der Waals surface area contributed by atoms with Gasteiger partial charge in [0.05, 0.1) is 11.5 Å². The van der Waals surface area contributed by atoms with Crippen LogP contribution in [0, 0.1) is 6.92 Å². The topological polar surface area (TPSA) is 75.2 Å². The van der Waals surface area contributed by atoms with Gasteiger partial charge in [0.1, 0.15) is 5.82 Å². The van der Waals surface area contributed by atoms with Crippen LogP contribution < -0.4 is 10.2 Å². The fourth-order valence-corrected chi connectivity index (χ4v) is 4.84. The first-order chi connectivity index (χ1) is 12.3. The molecule has 0 amide bonds. The van der Waals surface area contributed by atoms with E-state index in [0.717, 1.165) is 18.1 Å². The predicted octanol–water partition coefficient (Wildman–Crippen LogP) is 2.80. The van der Waals surface area contributed by atoms with E-state index in [4.69, 9.17) is 0 Å². The Kier molecular flexibility index (Phi) is 5.46. The van der Waals surface area contributed by atoms with Gasteiger partial charge in [0.2, 0.25) is 5.95 Å². The van der Waals surface area contributed by atoms with Gasteiger partial charge in [-0.2, -0.15) is 4.98 Å². The van der Waals surface area contributed by atoms with Crippen molar-refractivity contribution >= 4 is 21.6 Å². The van der Waals surface area contributed by atoms with Crippen LogP contribution in [0.25, 0.3) is 0 Å². The van der Waals surface area contributed by atoms with Crippen molar-refractivity contribution in [1.29, 1.82) is 0 Å². The molecule has 1 aromatic carbocycles. The van der Waals surface area contributed by atoms with Crippen LogP contribution in [0.5, 0.6) is 0 Å². The zero-order chi connectivity index (χ0) is 18.7. The average molecular weight is 375 g/mol. The fourth-order valence-electron chi connectivity index (χ4n) is 3.16. The van der Waals surface area contributed by atoms with Crippen molar-refractivity contribution in [2.75, 3.05) is 21.7 Å². The molecule has 1 saturated heterocycles. The molecule has 0 radical (unpaired) electrons. The summed E-state index contributed by atoms with van der Waals surface area (Å²) in [6.07, 6.45) is 0.604. The van der Waals surface area contributed by atoms with Crippen molar-refractivity contribution in [3.63, 3.8) is 0 Å². The highest BCUT2D eigenvalue weighted by atomic mass is 32.2. The molecule has 1 aliphatic rings. The molecule has 2 aromatic rings. The van der Waals surface area contributed by atoms with Crippen LogP contribution in [0.2, 0.25) is 0 Å². The highest BCUT2D eigenvalue weighted by Gasteiger charge is 2.28. The molecule has 26 heavy (non-hydrogen) atoms. The number of nitrogens with one attached hydrogen (secondary N) is 1. The number of aryl methyl sites for hydroxylation is 1. The van der Waals surface area contributed by atoms with E-state index in [1.54, 1.807) is 0 Å².